The van der Waals surface area contributed by atoms with Crippen LogP contribution in [0.5, 0.6) is 5.75 Å². The number of halogens is 1. The highest BCUT2D eigenvalue weighted by Gasteiger charge is 2.36. The quantitative estimate of drug-likeness (QED) is 0.508. The standard InChI is InChI=1S/C12H14FNO3S/c13-10-6-9(2-3-11(10)14(15)16)17-7-12(8-18)4-1-5-12/h2-3,6,18H,1,4-5,7-8H2. The molecule has 1 aliphatic carbocycles. The topological polar surface area (TPSA) is 52.4 Å². The van der Waals surface area contributed by atoms with Crippen LogP contribution in [-0.4, -0.2) is 17.3 Å². The molecule has 2 rings (SSSR count). The van der Waals surface area contributed by atoms with Crippen LogP contribution in [0.15, 0.2) is 18.2 Å². The first-order chi connectivity index (χ1) is 8.56. The zero-order chi connectivity index (χ0) is 13.2. The van der Waals surface area contributed by atoms with E-state index >= 15 is 0 Å². The van der Waals surface area contributed by atoms with E-state index in [9.17, 15) is 14.5 Å². The number of hydrogen-bond donors (Lipinski definition) is 1. The normalized spacial score (nSPS) is 17.0. The van der Waals surface area contributed by atoms with Crippen molar-refractivity contribution >= 4 is 18.3 Å². The predicted molar refractivity (Wildman–Crippen MR) is 68.7 cm³/mol. The minimum Gasteiger partial charge on any atom is -0.493 e. The summed E-state index contributed by atoms with van der Waals surface area (Å²) in [6.45, 7) is 0.480. The molecule has 0 N–H and O–H groups in total. The summed E-state index contributed by atoms with van der Waals surface area (Å²) in [5, 5.41) is 10.5. The van der Waals surface area contributed by atoms with Gasteiger partial charge >= 0.3 is 5.69 Å². The largest absolute Gasteiger partial charge is 0.493 e. The van der Waals surface area contributed by atoms with Crippen LogP contribution in [0.2, 0.25) is 0 Å². The molecule has 1 aromatic carbocycles. The summed E-state index contributed by atoms with van der Waals surface area (Å²) < 4.78 is 18.9. The molecule has 18 heavy (non-hydrogen) atoms. The van der Waals surface area contributed by atoms with Gasteiger partial charge in [0.25, 0.3) is 0 Å². The molecule has 0 spiro atoms. The van der Waals surface area contributed by atoms with E-state index in [4.69, 9.17) is 4.74 Å². The third kappa shape index (κ3) is 2.58. The molecule has 0 heterocycles. The number of nitrogens with zero attached hydrogens (tertiary/aromatic N) is 1. The minimum atomic E-state index is -0.869. The molecule has 4 nitrogen and oxygen atoms in total. The lowest BCUT2D eigenvalue weighted by molar-refractivity contribution is -0.387. The fourth-order valence-corrected chi connectivity index (χ4v) is 2.39. The molecule has 0 atom stereocenters. The maximum atomic E-state index is 13.4. The average Bonchev–Trinajstić information content (AvgIpc) is 2.27. The number of benzene rings is 1. The summed E-state index contributed by atoms with van der Waals surface area (Å²) in [5.74, 6) is 0.194. The van der Waals surface area contributed by atoms with Gasteiger partial charge < -0.3 is 4.74 Å². The number of thiol groups is 1. The third-order valence-electron chi connectivity index (χ3n) is 3.41. The zero-order valence-electron chi connectivity index (χ0n) is 9.76. The SMILES string of the molecule is O=[N+]([O-])c1ccc(OCC2(CS)CCC2)cc1F. The van der Waals surface area contributed by atoms with Crippen LogP contribution < -0.4 is 4.74 Å². The summed E-state index contributed by atoms with van der Waals surface area (Å²) in [5.41, 5.74) is -0.448. The Labute approximate surface area is 110 Å². The van der Waals surface area contributed by atoms with Gasteiger partial charge in [-0.15, -0.1) is 0 Å². The van der Waals surface area contributed by atoms with Gasteiger partial charge in [-0.3, -0.25) is 10.1 Å². The van der Waals surface area contributed by atoms with Gasteiger partial charge in [-0.05, 0) is 24.7 Å². The Morgan fingerprint density at radius 1 is 1.50 bits per heavy atom. The second-order valence-electron chi connectivity index (χ2n) is 4.67. The Balaban J connectivity index is 2.02. The van der Waals surface area contributed by atoms with Crippen LogP contribution >= 0.6 is 12.6 Å². The van der Waals surface area contributed by atoms with Crippen LogP contribution in [0.1, 0.15) is 19.3 Å². The second kappa shape index (κ2) is 5.14. The van der Waals surface area contributed by atoms with E-state index in [0.717, 1.165) is 30.7 Å². The highest BCUT2D eigenvalue weighted by molar-refractivity contribution is 7.80. The monoisotopic (exact) mass is 271 g/mol. The van der Waals surface area contributed by atoms with Crippen LogP contribution in [0, 0.1) is 21.3 Å². The Bertz CT molecular complexity index is 457. The van der Waals surface area contributed by atoms with E-state index < -0.39 is 16.4 Å². The van der Waals surface area contributed by atoms with Crippen molar-refractivity contribution in [2.24, 2.45) is 5.41 Å². The molecule has 0 saturated heterocycles. The van der Waals surface area contributed by atoms with E-state index in [1.807, 2.05) is 0 Å². The number of nitro groups is 1. The zero-order valence-corrected chi connectivity index (χ0v) is 10.7. The van der Waals surface area contributed by atoms with Gasteiger partial charge in [0.15, 0.2) is 0 Å². The Morgan fingerprint density at radius 2 is 2.22 bits per heavy atom. The van der Waals surface area contributed by atoms with E-state index in [1.165, 1.54) is 12.5 Å². The lowest BCUT2D eigenvalue weighted by Crippen LogP contribution is -2.37. The van der Waals surface area contributed by atoms with Crippen molar-refractivity contribution in [3.63, 3.8) is 0 Å². The first-order valence-electron chi connectivity index (χ1n) is 5.74. The molecule has 0 aromatic heterocycles. The van der Waals surface area contributed by atoms with Gasteiger partial charge in [0.05, 0.1) is 11.5 Å². The summed E-state index contributed by atoms with van der Waals surface area (Å²) in [6, 6.07) is 3.61. The van der Waals surface area contributed by atoms with Gasteiger partial charge in [-0.25, -0.2) is 0 Å². The van der Waals surface area contributed by atoms with Gasteiger partial charge in [-0.1, -0.05) is 6.42 Å². The van der Waals surface area contributed by atoms with Gasteiger partial charge in [0.1, 0.15) is 5.75 Å². The molecule has 1 aromatic rings. The third-order valence-corrected chi connectivity index (χ3v) is 4.08. The van der Waals surface area contributed by atoms with Crippen molar-refractivity contribution in [2.75, 3.05) is 12.4 Å². The van der Waals surface area contributed by atoms with E-state index in [-0.39, 0.29) is 5.41 Å². The summed E-state index contributed by atoms with van der Waals surface area (Å²) in [4.78, 5) is 9.72. The number of nitro benzene ring substituents is 1. The Hall–Kier alpha value is -1.30. The first-order valence-corrected chi connectivity index (χ1v) is 6.37. The van der Waals surface area contributed by atoms with Crippen molar-refractivity contribution < 1.29 is 14.1 Å². The lowest BCUT2D eigenvalue weighted by Gasteiger charge is -2.40. The van der Waals surface area contributed by atoms with Crippen LogP contribution in [0.4, 0.5) is 10.1 Å². The van der Waals surface area contributed by atoms with Crippen LogP contribution in [0.25, 0.3) is 0 Å². The number of ether oxygens (including phenoxy) is 1. The van der Waals surface area contributed by atoms with Gasteiger partial charge in [-0.2, -0.15) is 17.0 Å². The highest BCUT2D eigenvalue weighted by atomic mass is 32.1. The molecule has 1 fully saturated rings. The maximum Gasteiger partial charge on any atom is 0.305 e. The van der Waals surface area contributed by atoms with Crippen molar-refractivity contribution in [3.8, 4) is 5.75 Å². The molecule has 1 saturated carbocycles. The Morgan fingerprint density at radius 3 is 2.67 bits per heavy atom. The first kappa shape index (κ1) is 13.1. The van der Waals surface area contributed by atoms with E-state index in [1.54, 1.807) is 0 Å². The fourth-order valence-electron chi connectivity index (χ4n) is 1.99. The molecule has 0 unspecified atom stereocenters. The summed E-state index contributed by atoms with van der Waals surface area (Å²) in [7, 11) is 0. The van der Waals surface area contributed by atoms with Crippen molar-refractivity contribution in [2.45, 2.75) is 19.3 Å². The molecule has 0 radical (unpaired) electrons. The minimum absolute atomic E-state index is 0.0847. The summed E-state index contributed by atoms with van der Waals surface area (Å²) >= 11 is 4.30. The fraction of sp³-hybridized carbons (Fsp3) is 0.500. The predicted octanol–water partition coefficient (Wildman–Crippen LogP) is 3.21. The summed E-state index contributed by atoms with van der Waals surface area (Å²) in [6.07, 6.45) is 3.29. The lowest BCUT2D eigenvalue weighted by atomic mass is 9.71. The van der Waals surface area contributed by atoms with Gasteiger partial charge in [0.2, 0.25) is 5.82 Å². The van der Waals surface area contributed by atoms with Crippen LogP contribution in [-0.2, 0) is 0 Å². The van der Waals surface area contributed by atoms with Gasteiger partial charge in [0, 0.05) is 17.5 Å². The molecule has 0 aliphatic heterocycles. The highest BCUT2D eigenvalue weighted by Crippen LogP contribution is 2.42. The molecular weight excluding hydrogens is 257 g/mol. The number of hydrogen-bond acceptors (Lipinski definition) is 4. The Kier molecular flexibility index (Phi) is 3.75. The molecule has 0 amide bonds. The maximum absolute atomic E-state index is 13.4. The van der Waals surface area contributed by atoms with E-state index in [2.05, 4.69) is 12.6 Å². The average molecular weight is 271 g/mol. The molecule has 98 valence electrons. The van der Waals surface area contributed by atoms with Crippen molar-refractivity contribution in [1.82, 2.24) is 0 Å². The molecule has 6 heteroatoms. The van der Waals surface area contributed by atoms with Crippen molar-refractivity contribution in [3.05, 3.63) is 34.1 Å². The smallest absolute Gasteiger partial charge is 0.305 e. The molecule has 0 bridgehead atoms. The molecule has 1 aliphatic rings. The second-order valence-corrected chi connectivity index (χ2v) is 4.99. The molecular formula is C12H14FNO3S. The van der Waals surface area contributed by atoms with Crippen LogP contribution in [0.3, 0.4) is 0 Å². The number of rotatable bonds is 5. The van der Waals surface area contributed by atoms with E-state index in [0.29, 0.717) is 12.4 Å². The van der Waals surface area contributed by atoms with Crippen molar-refractivity contribution in [1.29, 1.82) is 0 Å².